The second-order valence-corrected chi connectivity index (χ2v) is 6.82. The fraction of sp³-hybridized carbons (Fsp3) is 0.714. The number of halogens is 1. The zero-order chi connectivity index (χ0) is 14.6. The van der Waals surface area contributed by atoms with Gasteiger partial charge in [-0.3, -0.25) is 0 Å². The van der Waals surface area contributed by atoms with Crippen LogP contribution in [-0.4, -0.2) is 23.6 Å². The summed E-state index contributed by atoms with van der Waals surface area (Å²) in [5.74, 6) is 1.67. The van der Waals surface area contributed by atoms with E-state index in [0.29, 0.717) is 0 Å². The summed E-state index contributed by atoms with van der Waals surface area (Å²) < 4.78 is 6.68. The summed E-state index contributed by atoms with van der Waals surface area (Å²) in [5.41, 5.74) is 0.964. The minimum absolute atomic E-state index is 0.0317. The van der Waals surface area contributed by atoms with Crippen molar-refractivity contribution in [2.24, 2.45) is 5.41 Å². The number of methoxy groups -OCH3 is 1. The van der Waals surface area contributed by atoms with E-state index in [1.165, 1.54) is 0 Å². The molecule has 19 heavy (non-hydrogen) atoms. The van der Waals surface area contributed by atoms with Crippen molar-refractivity contribution < 1.29 is 4.74 Å². The highest BCUT2D eigenvalue weighted by Gasteiger charge is 2.29. The first-order chi connectivity index (χ1) is 8.81. The van der Waals surface area contributed by atoms with Gasteiger partial charge in [0.1, 0.15) is 11.9 Å². The Bertz CT molecular complexity index is 429. The molecule has 1 heterocycles. The lowest BCUT2D eigenvalue weighted by Crippen LogP contribution is -2.23. The van der Waals surface area contributed by atoms with Crippen molar-refractivity contribution in [1.82, 2.24) is 9.97 Å². The Morgan fingerprint density at radius 2 is 1.95 bits per heavy atom. The van der Waals surface area contributed by atoms with Crippen molar-refractivity contribution in [3.8, 4) is 0 Å². The molecule has 1 rings (SSSR count). The number of rotatable bonds is 5. The fourth-order valence-electron chi connectivity index (χ4n) is 1.90. The molecule has 0 radical (unpaired) electrons. The van der Waals surface area contributed by atoms with Crippen LogP contribution >= 0.6 is 22.6 Å². The fourth-order valence-corrected chi connectivity index (χ4v) is 2.34. The van der Waals surface area contributed by atoms with E-state index in [9.17, 15) is 0 Å². The summed E-state index contributed by atoms with van der Waals surface area (Å²) in [6.07, 6.45) is 0.965. The van der Waals surface area contributed by atoms with Crippen LogP contribution in [0, 0.1) is 15.9 Å². The van der Waals surface area contributed by atoms with Gasteiger partial charge in [0.25, 0.3) is 0 Å². The van der Waals surface area contributed by atoms with Gasteiger partial charge in [-0.1, -0.05) is 27.7 Å². The monoisotopic (exact) mass is 377 g/mol. The van der Waals surface area contributed by atoms with Crippen LogP contribution in [-0.2, 0) is 4.74 Å². The Hall–Kier alpha value is -0.430. The molecule has 0 aromatic carbocycles. The Morgan fingerprint density at radius 3 is 2.42 bits per heavy atom. The average Bonchev–Trinajstić information content (AvgIpc) is 2.30. The molecule has 1 unspecified atom stereocenters. The highest BCUT2D eigenvalue weighted by molar-refractivity contribution is 14.1. The zero-order valence-electron chi connectivity index (χ0n) is 12.7. The van der Waals surface area contributed by atoms with E-state index >= 15 is 0 Å². The van der Waals surface area contributed by atoms with Gasteiger partial charge < -0.3 is 10.1 Å². The molecule has 108 valence electrons. The van der Waals surface area contributed by atoms with Gasteiger partial charge in [-0.25, -0.2) is 9.97 Å². The third-order valence-corrected chi connectivity index (χ3v) is 4.12. The van der Waals surface area contributed by atoms with Crippen molar-refractivity contribution in [1.29, 1.82) is 0 Å². The van der Waals surface area contributed by atoms with Gasteiger partial charge in [0.15, 0.2) is 5.82 Å². The summed E-state index contributed by atoms with van der Waals surface area (Å²) in [7, 11) is 1.71. The molecule has 0 saturated carbocycles. The van der Waals surface area contributed by atoms with Crippen LogP contribution in [0.2, 0.25) is 0 Å². The number of aromatic nitrogens is 2. The van der Waals surface area contributed by atoms with Crippen molar-refractivity contribution in [2.75, 3.05) is 19.0 Å². The maximum Gasteiger partial charge on any atom is 0.160 e. The number of hydrogen-bond acceptors (Lipinski definition) is 4. The molecule has 0 spiro atoms. The van der Waals surface area contributed by atoms with E-state index in [-0.39, 0.29) is 11.5 Å². The lowest BCUT2D eigenvalue weighted by Gasteiger charge is -2.28. The standard InChI is InChI=1S/C14H24IN3O/c1-7-8-16-12-10(15)9(2)17-13(18-12)11(19-6)14(3,4)5/h11H,7-8H2,1-6H3,(H,16,17,18). The van der Waals surface area contributed by atoms with E-state index in [4.69, 9.17) is 4.74 Å². The quantitative estimate of drug-likeness (QED) is 0.790. The van der Waals surface area contributed by atoms with Crippen LogP contribution in [0.1, 0.15) is 51.7 Å². The molecule has 0 saturated heterocycles. The minimum atomic E-state index is -0.106. The number of ether oxygens (including phenoxy) is 1. The molecule has 0 amide bonds. The molecular formula is C14H24IN3O. The third kappa shape index (κ3) is 4.27. The largest absolute Gasteiger partial charge is 0.373 e. The molecule has 5 heteroatoms. The molecule has 1 atom stereocenters. The number of aryl methyl sites for hydroxylation is 1. The summed E-state index contributed by atoms with van der Waals surface area (Å²) >= 11 is 2.29. The van der Waals surface area contributed by atoms with Gasteiger partial charge in [-0.2, -0.15) is 0 Å². The van der Waals surface area contributed by atoms with Crippen molar-refractivity contribution in [3.63, 3.8) is 0 Å². The van der Waals surface area contributed by atoms with Crippen LogP contribution in [0.15, 0.2) is 0 Å². The predicted octanol–water partition coefficient (Wildman–Crippen LogP) is 3.95. The smallest absolute Gasteiger partial charge is 0.160 e. The normalized spacial score (nSPS) is 13.4. The van der Waals surface area contributed by atoms with Gasteiger partial charge >= 0.3 is 0 Å². The molecule has 1 aromatic heterocycles. The third-order valence-electron chi connectivity index (χ3n) is 2.83. The molecule has 0 aliphatic rings. The molecule has 1 N–H and O–H groups in total. The van der Waals surface area contributed by atoms with E-state index in [0.717, 1.165) is 33.9 Å². The highest BCUT2D eigenvalue weighted by atomic mass is 127. The van der Waals surface area contributed by atoms with E-state index < -0.39 is 0 Å². The first kappa shape index (κ1) is 16.6. The molecule has 0 aliphatic carbocycles. The van der Waals surface area contributed by atoms with Crippen molar-refractivity contribution in [2.45, 2.75) is 47.1 Å². The minimum Gasteiger partial charge on any atom is -0.373 e. The lowest BCUT2D eigenvalue weighted by atomic mass is 9.88. The van der Waals surface area contributed by atoms with E-state index in [1.54, 1.807) is 7.11 Å². The first-order valence-corrected chi connectivity index (χ1v) is 7.69. The van der Waals surface area contributed by atoms with Crippen LogP contribution in [0.25, 0.3) is 0 Å². The van der Waals surface area contributed by atoms with Gasteiger partial charge in [-0.05, 0) is 41.4 Å². The SMILES string of the molecule is CCCNc1nc(C(OC)C(C)(C)C)nc(C)c1I. The first-order valence-electron chi connectivity index (χ1n) is 6.62. The summed E-state index contributed by atoms with van der Waals surface area (Å²) in [6, 6.07) is 0. The lowest BCUT2D eigenvalue weighted by molar-refractivity contribution is 0.00862. The Kier molecular flexibility index (Phi) is 5.98. The van der Waals surface area contributed by atoms with Crippen LogP contribution in [0.5, 0.6) is 0 Å². The topological polar surface area (TPSA) is 47.0 Å². The number of hydrogen-bond donors (Lipinski definition) is 1. The zero-order valence-corrected chi connectivity index (χ0v) is 14.8. The summed E-state index contributed by atoms with van der Waals surface area (Å²) in [6.45, 7) is 11.5. The summed E-state index contributed by atoms with van der Waals surface area (Å²) in [5, 5.41) is 3.36. The Balaban J connectivity index is 3.18. The van der Waals surface area contributed by atoms with Crippen LogP contribution < -0.4 is 5.32 Å². The van der Waals surface area contributed by atoms with Gasteiger partial charge in [0, 0.05) is 13.7 Å². The molecule has 1 aromatic rings. The number of anilines is 1. The number of nitrogens with one attached hydrogen (secondary N) is 1. The second-order valence-electron chi connectivity index (χ2n) is 5.74. The van der Waals surface area contributed by atoms with Gasteiger partial charge in [-0.15, -0.1) is 0 Å². The van der Waals surface area contributed by atoms with Crippen LogP contribution in [0.3, 0.4) is 0 Å². The van der Waals surface area contributed by atoms with Crippen LogP contribution in [0.4, 0.5) is 5.82 Å². The van der Waals surface area contributed by atoms with Crippen molar-refractivity contribution in [3.05, 3.63) is 15.1 Å². The molecule has 0 bridgehead atoms. The molecule has 0 aliphatic heterocycles. The molecular weight excluding hydrogens is 353 g/mol. The molecule has 0 fully saturated rings. The Morgan fingerprint density at radius 1 is 1.32 bits per heavy atom. The Labute approximate surface area is 129 Å². The summed E-state index contributed by atoms with van der Waals surface area (Å²) in [4.78, 5) is 9.25. The highest BCUT2D eigenvalue weighted by Crippen LogP contribution is 2.35. The van der Waals surface area contributed by atoms with E-state index in [1.807, 2.05) is 6.92 Å². The molecule has 4 nitrogen and oxygen atoms in total. The maximum atomic E-state index is 5.60. The van der Waals surface area contributed by atoms with E-state index in [2.05, 4.69) is 65.6 Å². The van der Waals surface area contributed by atoms with Gasteiger partial charge in [0.2, 0.25) is 0 Å². The van der Waals surface area contributed by atoms with Crippen molar-refractivity contribution >= 4 is 28.4 Å². The number of nitrogens with zero attached hydrogens (tertiary/aromatic N) is 2. The second kappa shape index (κ2) is 6.83. The van der Waals surface area contributed by atoms with Gasteiger partial charge in [0.05, 0.1) is 9.26 Å². The predicted molar refractivity (Wildman–Crippen MR) is 87.5 cm³/mol. The average molecular weight is 377 g/mol. The maximum absolute atomic E-state index is 5.60.